The van der Waals surface area contributed by atoms with E-state index < -0.39 is 0 Å². The van der Waals surface area contributed by atoms with Crippen LogP contribution in [-0.4, -0.2) is 29.2 Å². The molecular weight excluding hydrogens is 422 g/mol. The standard InChI is InChI=1S/C25H29N3O3S/c1-4-25(2,3)23-22(27-17-32-23)18-7-11-20(12-8-18)30-15-5-6-16-31-21-13-9-19(10-14-21)24(26)28-29/h5-14,17,29H,4,15-16H2,1-3H3,(H2,26,28). The molecule has 3 N–H and O–H groups in total. The van der Waals surface area contributed by atoms with E-state index >= 15 is 0 Å². The highest BCUT2D eigenvalue weighted by molar-refractivity contribution is 7.10. The molecule has 0 saturated heterocycles. The summed E-state index contributed by atoms with van der Waals surface area (Å²) in [5.41, 5.74) is 6.59. The number of hydroxylamine groups is 1. The van der Waals surface area contributed by atoms with E-state index in [0.717, 1.165) is 23.4 Å². The number of hydrogen-bond acceptors (Lipinski definition) is 6. The fourth-order valence-electron chi connectivity index (χ4n) is 3.01. The zero-order valence-corrected chi connectivity index (χ0v) is 19.4. The number of nitrogens with one attached hydrogen (secondary N) is 2. The van der Waals surface area contributed by atoms with Crippen molar-refractivity contribution in [2.24, 2.45) is 0 Å². The maximum atomic E-state index is 8.74. The third-order valence-corrected chi connectivity index (χ3v) is 6.50. The van der Waals surface area contributed by atoms with E-state index in [1.807, 2.05) is 35.3 Å². The first-order valence-electron chi connectivity index (χ1n) is 10.5. The van der Waals surface area contributed by atoms with E-state index in [2.05, 4.69) is 37.9 Å². The number of ether oxygens (including phenoxy) is 2. The van der Waals surface area contributed by atoms with Crippen LogP contribution in [-0.2, 0) is 5.41 Å². The van der Waals surface area contributed by atoms with Crippen molar-refractivity contribution in [1.82, 2.24) is 10.5 Å². The number of aromatic nitrogens is 1. The number of hydrogen-bond donors (Lipinski definition) is 3. The maximum Gasteiger partial charge on any atom is 0.149 e. The van der Waals surface area contributed by atoms with Gasteiger partial charge in [-0.25, -0.2) is 4.98 Å². The minimum Gasteiger partial charge on any atom is -0.490 e. The third-order valence-electron chi connectivity index (χ3n) is 5.31. The largest absolute Gasteiger partial charge is 0.490 e. The Labute approximate surface area is 193 Å². The summed E-state index contributed by atoms with van der Waals surface area (Å²) in [6.07, 6.45) is 4.88. The average molecular weight is 452 g/mol. The van der Waals surface area contributed by atoms with Crippen LogP contribution in [0.4, 0.5) is 0 Å². The van der Waals surface area contributed by atoms with E-state index in [0.29, 0.717) is 24.5 Å². The maximum absolute atomic E-state index is 8.74. The van der Waals surface area contributed by atoms with Crippen molar-refractivity contribution in [2.45, 2.75) is 32.6 Å². The SMILES string of the molecule is CCC(C)(C)c1scnc1-c1ccc(OCC=CCOc2ccc(C(=N)NO)cc2)cc1. The molecule has 0 bridgehead atoms. The van der Waals surface area contributed by atoms with Gasteiger partial charge in [0.1, 0.15) is 30.5 Å². The highest BCUT2D eigenvalue weighted by atomic mass is 32.1. The number of nitrogens with zero attached hydrogens (tertiary/aromatic N) is 1. The van der Waals surface area contributed by atoms with Crippen LogP contribution >= 0.6 is 11.3 Å². The molecule has 0 amide bonds. The molecule has 1 heterocycles. The van der Waals surface area contributed by atoms with E-state index in [1.54, 1.807) is 35.6 Å². The van der Waals surface area contributed by atoms with Crippen LogP contribution in [0.1, 0.15) is 37.6 Å². The van der Waals surface area contributed by atoms with Crippen LogP contribution in [0.25, 0.3) is 11.3 Å². The van der Waals surface area contributed by atoms with Crippen molar-refractivity contribution >= 4 is 17.2 Å². The Hall–Kier alpha value is -3.16. The molecular formula is C25H29N3O3S. The fraction of sp³-hybridized carbons (Fsp3) is 0.280. The zero-order chi connectivity index (χ0) is 23.0. The third kappa shape index (κ3) is 5.96. The van der Waals surface area contributed by atoms with Gasteiger partial charge in [-0.2, -0.15) is 0 Å². The minimum atomic E-state index is -0.0570. The Bertz CT molecular complexity index is 1040. The molecule has 0 fully saturated rings. The summed E-state index contributed by atoms with van der Waals surface area (Å²) in [7, 11) is 0. The molecule has 0 radical (unpaired) electrons. The summed E-state index contributed by atoms with van der Waals surface area (Å²) >= 11 is 1.72. The second kappa shape index (κ2) is 10.9. The molecule has 2 aromatic carbocycles. The van der Waals surface area contributed by atoms with Gasteiger partial charge in [0, 0.05) is 21.4 Å². The lowest BCUT2D eigenvalue weighted by Gasteiger charge is -2.22. The highest BCUT2D eigenvalue weighted by Crippen LogP contribution is 2.37. The Balaban J connectivity index is 1.46. The molecule has 0 atom stereocenters. The van der Waals surface area contributed by atoms with Crippen molar-refractivity contribution in [3.05, 3.63) is 76.6 Å². The lowest BCUT2D eigenvalue weighted by atomic mass is 9.86. The number of thiazole rings is 1. The predicted molar refractivity (Wildman–Crippen MR) is 129 cm³/mol. The van der Waals surface area contributed by atoms with E-state index in [1.165, 1.54) is 4.88 Å². The summed E-state index contributed by atoms with van der Waals surface area (Å²) in [6.45, 7) is 7.59. The quantitative estimate of drug-likeness (QED) is 0.157. The molecule has 6 nitrogen and oxygen atoms in total. The number of rotatable bonds is 10. The van der Waals surface area contributed by atoms with E-state index in [4.69, 9.17) is 20.1 Å². The topological polar surface area (TPSA) is 87.5 Å². The van der Waals surface area contributed by atoms with E-state index in [9.17, 15) is 0 Å². The van der Waals surface area contributed by atoms with Gasteiger partial charge in [0.05, 0.1) is 11.2 Å². The van der Waals surface area contributed by atoms with Gasteiger partial charge in [-0.1, -0.05) is 20.8 Å². The Kier molecular flexibility index (Phi) is 8.03. The molecule has 32 heavy (non-hydrogen) atoms. The van der Waals surface area contributed by atoms with Gasteiger partial charge < -0.3 is 9.47 Å². The van der Waals surface area contributed by atoms with E-state index in [-0.39, 0.29) is 11.3 Å². The van der Waals surface area contributed by atoms with Gasteiger partial charge in [0.15, 0.2) is 0 Å². The van der Waals surface area contributed by atoms with Gasteiger partial charge in [-0.3, -0.25) is 16.1 Å². The highest BCUT2D eigenvalue weighted by Gasteiger charge is 2.24. The van der Waals surface area contributed by atoms with Crippen molar-refractivity contribution in [3.8, 4) is 22.8 Å². The Morgan fingerprint density at radius 3 is 2.12 bits per heavy atom. The van der Waals surface area contributed by atoms with Gasteiger partial charge >= 0.3 is 0 Å². The Morgan fingerprint density at radius 2 is 1.59 bits per heavy atom. The van der Waals surface area contributed by atoms with Crippen molar-refractivity contribution in [1.29, 1.82) is 5.41 Å². The average Bonchev–Trinajstić information content (AvgIpc) is 3.32. The molecule has 0 saturated carbocycles. The molecule has 0 unspecified atom stereocenters. The lowest BCUT2D eigenvalue weighted by Crippen LogP contribution is -2.18. The molecule has 0 spiro atoms. The summed E-state index contributed by atoms with van der Waals surface area (Å²) in [5.74, 6) is 1.44. The van der Waals surface area contributed by atoms with Crippen molar-refractivity contribution < 1.29 is 14.7 Å². The normalized spacial score (nSPS) is 11.5. The monoisotopic (exact) mass is 451 g/mol. The molecule has 0 aliphatic rings. The summed E-state index contributed by atoms with van der Waals surface area (Å²) < 4.78 is 11.4. The molecule has 3 aromatic rings. The molecule has 168 valence electrons. The Morgan fingerprint density at radius 1 is 1.03 bits per heavy atom. The van der Waals surface area contributed by atoms with Crippen LogP contribution < -0.4 is 15.0 Å². The fourth-order valence-corrected chi connectivity index (χ4v) is 4.02. The predicted octanol–water partition coefficient (Wildman–Crippen LogP) is 5.82. The first kappa shape index (κ1) is 23.5. The first-order chi connectivity index (χ1) is 15.4. The number of amidine groups is 1. The van der Waals surface area contributed by atoms with Crippen LogP contribution in [0.5, 0.6) is 11.5 Å². The smallest absolute Gasteiger partial charge is 0.149 e. The van der Waals surface area contributed by atoms with Gasteiger partial charge in [-0.05, 0) is 67.1 Å². The van der Waals surface area contributed by atoms with Gasteiger partial charge in [0.2, 0.25) is 0 Å². The molecule has 0 aliphatic heterocycles. The number of benzene rings is 2. The van der Waals surface area contributed by atoms with Crippen LogP contribution in [0, 0.1) is 5.41 Å². The molecule has 7 heteroatoms. The van der Waals surface area contributed by atoms with Gasteiger partial charge in [0.25, 0.3) is 0 Å². The van der Waals surface area contributed by atoms with Crippen molar-refractivity contribution in [2.75, 3.05) is 13.2 Å². The second-order valence-corrected chi connectivity index (χ2v) is 8.75. The minimum absolute atomic E-state index is 0.0570. The van der Waals surface area contributed by atoms with Crippen LogP contribution in [0.15, 0.2) is 66.2 Å². The van der Waals surface area contributed by atoms with Crippen LogP contribution in [0.2, 0.25) is 0 Å². The molecule has 0 aliphatic carbocycles. The summed E-state index contributed by atoms with van der Waals surface area (Å²) in [6, 6.07) is 15.0. The van der Waals surface area contributed by atoms with Crippen molar-refractivity contribution in [3.63, 3.8) is 0 Å². The zero-order valence-electron chi connectivity index (χ0n) is 18.6. The second-order valence-electron chi connectivity index (χ2n) is 7.90. The summed E-state index contributed by atoms with van der Waals surface area (Å²) in [4.78, 5) is 5.91. The molecule has 1 aromatic heterocycles. The van der Waals surface area contributed by atoms with Gasteiger partial charge in [-0.15, -0.1) is 11.3 Å². The summed E-state index contributed by atoms with van der Waals surface area (Å²) in [5, 5.41) is 16.2. The molecule has 3 rings (SSSR count). The first-order valence-corrected chi connectivity index (χ1v) is 11.4. The van der Waals surface area contributed by atoms with Crippen LogP contribution in [0.3, 0.4) is 0 Å². The lowest BCUT2D eigenvalue weighted by molar-refractivity contribution is 0.234.